The van der Waals surface area contributed by atoms with E-state index in [1.165, 1.54) is 0 Å². The van der Waals surface area contributed by atoms with Crippen LogP contribution in [-0.2, 0) is 4.79 Å². The van der Waals surface area contributed by atoms with Crippen LogP contribution in [0.15, 0.2) is 24.3 Å². The summed E-state index contributed by atoms with van der Waals surface area (Å²) < 4.78 is 5.67. The van der Waals surface area contributed by atoms with Crippen LogP contribution in [0.2, 0.25) is 0 Å². The second-order valence-corrected chi connectivity index (χ2v) is 4.38. The molecule has 4 heteroatoms. The van der Waals surface area contributed by atoms with Crippen LogP contribution >= 0.6 is 0 Å². The van der Waals surface area contributed by atoms with Gasteiger partial charge in [-0.05, 0) is 26.3 Å². The van der Waals surface area contributed by atoms with Gasteiger partial charge in [-0.2, -0.15) is 0 Å². The molecule has 1 unspecified atom stereocenters. The SMILES string of the molecule is CCCNC(=O)C(C)Oc1ccccc1[C@H](C)N. The van der Waals surface area contributed by atoms with E-state index < -0.39 is 6.10 Å². The van der Waals surface area contributed by atoms with Gasteiger partial charge in [0.05, 0.1) is 0 Å². The highest BCUT2D eigenvalue weighted by Gasteiger charge is 2.16. The van der Waals surface area contributed by atoms with Crippen molar-refractivity contribution in [3.8, 4) is 5.75 Å². The lowest BCUT2D eigenvalue weighted by Crippen LogP contribution is -2.36. The minimum Gasteiger partial charge on any atom is -0.481 e. The monoisotopic (exact) mass is 250 g/mol. The number of carbonyl (C=O) groups is 1. The first kappa shape index (κ1) is 14.5. The summed E-state index contributed by atoms with van der Waals surface area (Å²) in [6.07, 6.45) is 0.394. The van der Waals surface area contributed by atoms with Crippen molar-refractivity contribution in [2.45, 2.75) is 39.3 Å². The molecule has 2 atom stereocenters. The van der Waals surface area contributed by atoms with Crippen molar-refractivity contribution in [2.24, 2.45) is 5.73 Å². The van der Waals surface area contributed by atoms with Crippen LogP contribution in [0.5, 0.6) is 5.75 Å². The van der Waals surface area contributed by atoms with Gasteiger partial charge in [0.25, 0.3) is 5.91 Å². The molecule has 0 radical (unpaired) electrons. The summed E-state index contributed by atoms with van der Waals surface area (Å²) in [6.45, 7) is 6.31. The van der Waals surface area contributed by atoms with Crippen molar-refractivity contribution >= 4 is 5.91 Å². The zero-order valence-corrected chi connectivity index (χ0v) is 11.3. The van der Waals surface area contributed by atoms with Gasteiger partial charge in [0.15, 0.2) is 6.10 Å². The smallest absolute Gasteiger partial charge is 0.260 e. The van der Waals surface area contributed by atoms with Crippen LogP contribution in [-0.4, -0.2) is 18.6 Å². The maximum absolute atomic E-state index is 11.7. The van der Waals surface area contributed by atoms with Crippen molar-refractivity contribution < 1.29 is 9.53 Å². The number of amides is 1. The van der Waals surface area contributed by atoms with E-state index >= 15 is 0 Å². The van der Waals surface area contributed by atoms with Crippen LogP contribution in [0.3, 0.4) is 0 Å². The van der Waals surface area contributed by atoms with Gasteiger partial charge in [-0.1, -0.05) is 25.1 Å². The summed E-state index contributed by atoms with van der Waals surface area (Å²) in [5, 5.41) is 2.81. The molecule has 3 N–H and O–H groups in total. The lowest BCUT2D eigenvalue weighted by atomic mass is 10.1. The maximum atomic E-state index is 11.7. The fourth-order valence-electron chi connectivity index (χ4n) is 1.60. The normalized spacial score (nSPS) is 13.8. The molecule has 0 aliphatic heterocycles. The Kier molecular flexibility index (Phi) is 5.65. The maximum Gasteiger partial charge on any atom is 0.260 e. The lowest BCUT2D eigenvalue weighted by Gasteiger charge is -2.18. The Morgan fingerprint density at radius 2 is 2.06 bits per heavy atom. The van der Waals surface area contributed by atoms with Crippen LogP contribution in [0, 0.1) is 0 Å². The van der Waals surface area contributed by atoms with Gasteiger partial charge < -0.3 is 15.8 Å². The summed E-state index contributed by atoms with van der Waals surface area (Å²) >= 11 is 0. The van der Waals surface area contributed by atoms with E-state index in [1.807, 2.05) is 38.1 Å². The third-order valence-electron chi connectivity index (χ3n) is 2.63. The molecule has 1 aromatic rings. The summed E-state index contributed by atoms with van der Waals surface area (Å²) in [5.74, 6) is 0.572. The van der Waals surface area contributed by atoms with Crippen LogP contribution in [0.4, 0.5) is 0 Å². The van der Waals surface area contributed by atoms with E-state index in [-0.39, 0.29) is 11.9 Å². The average molecular weight is 250 g/mol. The molecule has 0 aromatic heterocycles. The van der Waals surface area contributed by atoms with E-state index in [4.69, 9.17) is 10.5 Å². The summed E-state index contributed by atoms with van der Waals surface area (Å²) in [5.41, 5.74) is 6.78. The van der Waals surface area contributed by atoms with Crippen molar-refractivity contribution in [1.82, 2.24) is 5.32 Å². The fourth-order valence-corrected chi connectivity index (χ4v) is 1.60. The second-order valence-electron chi connectivity index (χ2n) is 4.38. The first-order valence-electron chi connectivity index (χ1n) is 6.35. The number of rotatable bonds is 6. The fraction of sp³-hybridized carbons (Fsp3) is 0.500. The zero-order chi connectivity index (χ0) is 13.5. The van der Waals surface area contributed by atoms with Crippen molar-refractivity contribution in [3.63, 3.8) is 0 Å². The van der Waals surface area contributed by atoms with E-state index in [0.29, 0.717) is 12.3 Å². The van der Waals surface area contributed by atoms with Gasteiger partial charge in [0.2, 0.25) is 0 Å². The Balaban J connectivity index is 2.69. The third-order valence-corrected chi connectivity index (χ3v) is 2.63. The minimum atomic E-state index is -0.517. The van der Waals surface area contributed by atoms with Gasteiger partial charge in [-0.25, -0.2) is 0 Å². The zero-order valence-electron chi connectivity index (χ0n) is 11.3. The van der Waals surface area contributed by atoms with Crippen LogP contribution in [0.1, 0.15) is 38.8 Å². The molecule has 0 spiro atoms. The van der Waals surface area contributed by atoms with E-state index in [0.717, 1.165) is 12.0 Å². The molecule has 0 aliphatic carbocycles. The predicted octanol–water partition coefficient (Wildman–Crippen LogP) is 2.00. The molecule has 1 aromatic carbocycles. The molecular weight excluding hydrogens is 228 g/mol. The minimum absolute atomic E-state index is 0.101. The molecule has 4 nitrogen and oxygen atoms in total. The molecule has 0 fully saturated rings. The van der Waals surface area contributed by atoms with E-state index in [9.17, 15) is 4.79 Å². The molecule has 0 bridgehead atoms. The highest BCUT2D eigenvalue weighted by Crippen LogP contribution is 2.24. The molecule has 0 saturated carbocycles. The molecule has 0 aliphatic rings. The largest absolute Gasteiger partial charge is 0.481 e. The highest BCUT2D eigenvalue weighted by atomic mass is 16.5. The topological polar surface area (TPSA) is 64.3 Å². The molecule has 0 saturated heterocycles. The third kappa shape index (κ3) is 4.04. The Labute approximate surface area is 109 Å². The number of nitrogens with two attached hydrogens (primary N) is 1. The predicted molar refractivity (Wildman–Crippen MR) is 72.4 cm³/mol. The van der Waals surface area contributed by atoms with Gasteiger partial charge in [0, 0.05) is 18.2 Å². The van der Waals surface area contributed by atoms with E-state index in [1.54, 1.807) is 6.92 Å². The Hall–Kier alpha value is -1.55. The Bertz CT molecular complexity index is 391. The van der Waals surface area contributed by atoms with Gasteiger partial charge in [-0.15, -0.1) is 0 Å². The number of ether oxygens (including phenoxy) is 1. The molecular formula is C14H22N2O2. The lowest BCUT2D eigenvalue weighted by molar-refractivity contribution is -0.127. The highest BCUT2D eigenvalue weighted by molar-refractivity contribution is 5.80. The summed E-state index contributed by atoms with van der Waals surface area (Å²) in [4.78, 5) is 11.7. The second kappa shape index (κ2) is 7.01. The van der Waals surface area contributed by atoms with Crippen molar-refractivity contribution in [2.75, 3.05) is 6.54 Å². The molecule has 0 heterocycles. The van der Waals surface area contributed by atoms with Gasteiger partial charge in [0.1, 0.15) is 5.75 Å². The number of para-hydroxylation sites is 1. The van der Waals surface area contributed by atoms with Gasteiger partial charge in [-0.3, -0.25) is 4.79 Å². The summed E-state index contributed by atoms with van der Waals surface area (Å²) in [7, 11) is 0. The quantitative estimate of drug-likeness (QED) is 0.811. The molecule has 1 rings (SSSR count). The standard InChI is InChI=1S/C14H22N2O2/c1-4-9-16-14(17)11(3)18-13-8-6-5-7-12(13)10(2)15/h5-8,10-11H,4,9,15H2,1-3H3,(H,16,17)/t10-,11?/m0/s1. The number of nitrogens with one attached hydrogen (secondary N) is 1. The van der Waals surface area contributed by atoms with Crippen LogP contribution in [0.25, 0.3) is 0 Å². The van der Waals surface area contributed by atoms with Crippen molar-refractivity contribution in [3.05, 3.63) is 29.8 Å². The molecule has 100 valence electrons. The molecule has 18 heavy (non-hydrogen) atoms. The number of hydrogen-bond acceptors (Lipinski definition) is 3. The van der Waals surface area contributed by atoms with Crippen LogP contribution < -0.4 is 15.8 Å². The van der Waals surface area contributed by atoms with E-state index in [2.05, 4.69) is 5.32 Å². The number of carbonyl (C=O) groups excluding carboxylic acids is 1. The average Bonchev–Trinajstić information content (AvgIpc) is 2.36. The summed E-state index contributed by atoms with van der Waals surface area (Å²) in [6, 6.07) is 7.41. The number of benzene rings is 1. The first-order chi connectivity index (χ1) is 8.56. The number of hydrogen-bond donors (Lipinski definition) is 2. The Morgan fingerprint density at radius 3 is 2.67 bits per heavy atom. The Morgan fingerprint density at radius 1 is 1.39 bits per heavy atom. The first-order valence-corrected chi connectivity index (χ1v) is 6.35. The van der Waals surface area contributed by atoms with Gasteiger partial charge >= 0.3 is 0 Å². The molecule has 1 amide bonds. The van der Waals surface area contributed by atoms with Crippen molar-refractivity contribution in [1.29, 1.82) is 0 Å².